The summed E-state index contributed by atoms with van der Waals surface area (Å²) in [7, 11) is 0. The molecule has 0 unspecified atom stereocenters. The fourth-order valence-corrected chi connectivity index (χ4v) is 4.97. The standard InChI is InChI=1S/C40H45Cl3N4O12/c1-39(2,3)59-38(54)47-30(20-26-10-6-4-7-11-26)36(52)57-25-58-37(53)45-22-27-14-16-29(17-15-27)34(50)44-19-18-32(48)46-31(35(51)56-24-40(41,42)43)21-33(49)55-23-28-12-8-5-9-13-28/h4-17,30-31H,18-25H2,1-3H3,(H,44,50)(H,45,53)(H,46,48)(H,47,54)/t30-,31-/m0/s1. The lowest BCUT2D eigenvalue weighted by molar-refractivity contribution is -0.154. The Hall–Kier alpha value is -5.58. The molecule has 0 aliphatic heterocycles. The fraction of sp³-hybridized carbons (Fsp3) is 0.375. The molecular weight excluding hydrogens is 835 g/mol. The summed E-state index contributed by atoms with van der Waals surface area (Å²) in [5.41, 5.74) is 1.49. The van der Waals surface area contributed by atoms with Crippen LogP contribution >= 0.6 is 34.8 Å². The molecule has 0 saturated carbocycles. The van der Waals surface area contributed by atoms with Crippen molar-refractivity contribution in [2.24, 2.45) is 0 Å². The lowest BCUT2D eigenvalue weighted by Crippen LogP contribution is -2.45. The topological polar surface area (TPSA) is 214 Å². The minimum atomic E-state index is -1.93. The quantitative estimate of drug-likeness (QED) is 0.0530. The maximum Gasteiger partial charge on any atom is 0.410 e. The van der Waals surface area contributed by atoms with Crippen LogP contribution in [0.3, 0.4) is 0 Å². The Morgan fingerprint density at radius 2 is 1.25 bits per heavy atom. The first-order valence-corrected chi connectivity index (χ1v) is 19.2. The Labute approximate surface area is 355 Å². The number of rotatable bonds is 19. The number of carbonyl (C=O) groups excluding carboxylic acids is 7. The third kappa shape index (κ3) is 20.1. The minimum Gasteiger partial charge on any atom is -0.461 e. The van der Waals surface area contributed by atoms with Gasteiger partial charge >= 0.3 is 30.1 Å². The summed E-state index contributed by atoms with van der Waals surface area (Å²) in [6, 6.07) is 21.3. The summed E-state index contributed by atoms with van der Waals surface area (Å²) >= 11 is 17.0. The van der Waals surface area contributed by atoms with E-state index in [2.05, 4.69) is 21.3 Å². The van der Waals surface area contributed by atoms with Crippen molar-refractivity contribution in [3.05, 3.63) is 107 Å². The molecular formula is C40H45Cl3N4O12. The van der Waals surface area contributed by atoms with Crippen molar-refractivity contribution in [3.8, 4) is 0 Å². The van der Waals surface area contributed by atoms with Crippen LogP contribution < -0.4 is 21.3 Å². The lowest BCUT2D eigenvalue weighted by Gasteiger charge is -2.23. The van der Waals surface area contributed by atoms with Gasteiger partial charge in [-0.15, -0.1) is 0 Å². The van der Waals surface area contributed by atoms with Gasteiger partial charge in [-0.3, -0.25) is 14.4 Å². The van der Waals surface area contributed by atoms with E-state index in [1.807, 2.05) is 0 Å². The predicted octanol–water partition coefficient (Wildman–Crippen LogP) is 5.20. The van der Waals surface area contributed by atoms with Crippen LogP contribution in [0.15, 0.2) is 84.9 Å². The third-order valence-electron chi connectivity index (χ3n) is 7.55. The normalized spacial score (nSPS) is 12.1. The van der Waals surface area contributed by atoms with Crippen molar-refractivity contribution < 1.29 is 57.2 Å². The van der Waals surface area contributed by atoms with E-state index < -0.39 is 83.2 Å². The van der Waals surface area contributed by atoms with Gasteiger partial charge in [-0.1, -0.05) is 108 Å². The molecule has 19 heteroatoms. The summed E-state index contributed by atoms with van der Waals surface area (Å²) in [4.78, 5) is 88.0. The molecule has 16 nitrogen and oxygen atoms in total. The van der Waals surface area contributed by atoms with E-state index in [0.29, 0.717) is 11.1 Å². The van der Waals surface area contributed by atoms with Crippen LogP contribution in [0, 0.1) is 0 Å². The number of hydrogen-bond acceptors (Lipinski definition) is 12. The zero-order valence-electron chi connectivity index (χ0n) is 32.4. The number of nitrogens with one attached hydrogen (secondary N) is 4. The zero-order chi connectivity index (χ0) is 43.4. The highest BCUT2D eigenvalue weighted by atomic mass is 35.6. The zero-order valence-corrected chi connectivity index (χ0v) is 34.7. The molecule has 0 heterocycles. The number of ether oxygens (including phenoxy) is 5. The monoisotopic (exact) mass is 878 g/mol. The molecule has 0 aromatic heterocycles. The average Bonchev–Trinajstić information content (AvgIpc) is 3.17. The third-order valence-corrected chi connectivity index (χ3v) is 7.88. The van der Waals surface area contributed by atoms with Crippen molar-refractivity contribution >= 4 is 76.7 Å². The SMILES string of the molecule is CC(C)(C)OC(=O)N[C@@H](Cc1ccccc1)C(=O)OCOC(=O)NCc1ccc(C(=O)NCCC(=O)N[C@@H](CC(=O)OCc2ccccc2)C(=O)OCC(Cl)(Cl)Cl)cc1. The van der Waals surface area contributed by atoms with Gasteiger partial charge in [-0.05, 0) is 49.6 Å². The van der Waals surface area contributed by atoms with E-state index >= 15 is 0 Å². The smallest absolute Gasteiger partial charge is 0.410 e. The molecule has 4 N–H and O–H groups in total. The summed E-state index contributed by atoms with van der Waals surface area (Å²) in [6.07, 6.45) is -2.46. The number of halogens is 3. The second-order valence-corrected chi connectivity index (χ2v) is 16.2. The van der Waals surface area contributed by atoms with Gasteiger partial charge in [0.2, 0.25) is 16.5 Å². The highest BCUT2D eigenvalue weighted by Gasteiger charge is 2.30. The van der Waals surface area contributed by atoms with Crippen LogP contribution in [0.5, 0.6) is 0 Å². The van der Waals surface area contributed by atoms with Crippen LogP contribution in [0.1, 0.15) is 60.7 Å². The number of benzene rings is 3. The number of alkyl halides is 3. The van der Waals surface area contributed by atoms with Crippen LogP contribution in [0.25, 0.3) is 0 Å². The largest absolute Gasteiger partial charge is 0.461 e. The van der Waals surface area contributed by atoms with Gasteiger partial charge in [0.05, 0.1) is 6.42 Å². The molecule has 3 rings (SSSR count). The maximum absolute atomic E-state index is 12.8. The van der Waals surface area contributed by atoms with Crippen LogP contribution in [0.2, 0.25) is 0 Å². The van der Waals surface area contributed by atoms with E-state index in [1.54, 1.807) is 93.6 Å². The van der Waals surface area contributed by atoms with Gasteiger partial charge in [0.25, 0.3) is 5.91 Å². The van der Waals surface area contributed by atoms with Crippen molar-refractivity contribution in [1.29, 1.82) is 0 Å². The van der Waals surface area contributed by atoms with Crippen molar-refractivity contribution in [3.63, 3.8) is 0 Å². The van der Waals surface area contributed by atoms with Crippen LogP contribution in [0.4, 0.5) is 9.59 Å². The summed E-state index contributed by atoms with van der Waals surface area (Å²) in [6.45, 7) is 3.47. The van der Waals surface area contributed by atoms with Gasteiger partial charge in [0, 0.05) is 31.5 Å². The molecule has 4 amide bonds. The average molecular weight is 880 g/mol. The van der Waals surface area contributed by atoms with E-state index in [9.17, 15) is 33.6 Å². The Morgan fingerprint density at radius 1 is 0.644 bits per heavy atom. The molecule has 0 aliphatic rings. The molecule has 3 aromatic rings. The predicted molar refractivity (Wildman–Crippen MR) is 215 cm³/mol. The number of amides is 4. The van der Waals surface area contributed by atoms with E-state index in [1.165, 1.54) is 12.1 Å². The first-order chi connectivity index (χ1) is 27.9. The van der Waals surface area contributed by atoms with Crippen LogP contribution in [-0.2, 0) is 62.4 Å². The van der Waals surface area contributed by atoms with Gasteiger partial charge in [0.15, 0.2) is 0 Å². The van der Waals surface area contributed by atoms with Gasteiger partial charge < -0.3 is 45.0 Å². The van der Waals surface area contributed by atoms with Gasteiger partial charge in [-0.2, -0.15) is 0 Å². The van der Waals surface area contributed by atoms with E-state index in [-0.39, 0.29) is 38.1 Å². The number of esters is 3. The molecule has 0 bridgehead atoms. The summed E-state index contributed by atoms with van der Waals surface area (Å²) in [5, 5.41) is 9.95. The first kappa shape index (κ1) is 47.8. The first-order valence-electron chi connectivity index (χ1n) is 18.1. The maximum atomic E-state index is 12.8. The molecule has 318 valence electrons. The molecule has 0 saturated heterocycles. The fourth-order valence-electron chi connectivity index (χ4n) is 4.80. The van der Waals surface area contributed by atoms with E-state index in [0.717, 1.165) is 5.56 Å². The Bertz CT molecular complexity index is 1870. The second kappa shape index (κ2) is 23.7. The number of alkyl carbamates (subject to hydrolysis) is 2. The van der Waals surface area contributed by atoms with E-state index in [4.69, 9.17) is 58.5 Å². The molecule has 0 spiro atoms. The van der Waals surface area contributed by atoms with Crippen molar-refractivity contribution in [1.82, 2.24) is 21.3 Å². The Balaban J connectivity index is 1.42. The molecule has 0 aliphatic carbocycles. The van der Waals surface area contributed by atoms with Gasteiger partial charge in [0.1, 0.15) is 30.9 Å². The lowest BCUT2D eigenvalue weighted by atomic mass is 10.1. The summed E-state index contributed by atoms with van der Waals surface area (Å²) < 4.78 is 23.5. The number of carbonyl (C=O) groups is 7. The van der Waals surface area contributed by atoms with Crippen molar-refractivity contribution in [2.75, 3.05) is 19.9 Å². The highest BCUT2D eigenvalue weighted by molar-refractivity contribution is 6.67. The van der Waals surface area contributed by atoms with Crippen molar-refractivity contribution in [2.45, 2.75) is 74.7 Å². The molecule has 0 radical (unpaired) electrons. The number of hydrogen-bond donors (Lipinski definition) is 4. The van der Waals surface area contributed by atoms with Crippen LogP contribution in [-0.4, -0.2) is 83.3 Å². The molecule has 2 atom stereocenters. The Kier molecular flexibility index (Phi) is 19.2. The Morgan fingerprint density at radius 3 is 1.86 bits per heavy atom. The molecule has 0 fully saturated rings. The van der Waals surface area contributed by atoms with Gasteiger partial charge in [-0.25, -0.2) is 19.2 Å². The minimum absolute atomic E-state index is 0.00323. The summed E-state index contributed by atoms with van der Waals surface area (Å²) in [5.74, 6) is -3.89. The highest BCUT2D eigenvalue weighted by Crippen LogP contribution is 2.26. The molecule has 59 heavy (non-hydrogen) atoms. The molecule has 3 aromatic carbocycles. The second-order valence-electron chi connectivity index (χ2n) is 13.7.